The molecule has 0 aromatic heterocycles. The SMILES string of the molecule is CCOc1ccc(/C(O)=C2\C(=O)C(=O)N(c3ccc(C#N)cc3)C2c2ccccc2OC)cc1C(C)(C)C. The van der Waals surface area contributed by atoms with Crippen LogP contribution in [0.1, 0.15) is 56.0 Å². The Morgan fingerprint density at radius 1 is 1.03 bits per heavy atom. The van der Waals surface area contributed by atoms with Gasteiger partial charge in [0.1, 0.15) is 17.3 Å². The van der Waals surface area contributed by atoms with Crippen LogP contribution in [0.25, 0.3) is 5.76 Å². The number of ketones is 1. The van der Waals surface area contributed by atoms with Gasteiger partial charge in [-0.25, -0.2) is 0 Å². The second kappa shape index (κ2) is 10.4. The van der Waals surface area contributed by atoms with Crippen molar-refractivity contribution in [3.05, 3.63) is 94.6 Å². The van der Waals surface area contributed by atoms with Crippen LogP contribution in [0.3, 0.4) is 0 Å². The number of nitrogens with zero attached hydrogens (tertiary/aromatic N) is 2. The summed E-state index contributed by atoms with van der Waals surface area (Å²) in [5.74, 6) is -0.728. The Morgan fingerprint density at radius 3 is 2.32 bits per heavy atom. The molecule has 0 spiro atoms. The zero-order valence-electron chi connectivity index (χ0n) is 22.1. The first-order chi connectivity index (χ1) is 18.1. The molecule has 1 N–H and O–H groups in total. The summed E-state index contributed by atoms with van der Waals surface area (Å²) in [6, 6.07) is 19.8. The standard InChI is InChI=1S/C31H30N2O5/c1-6-38-25-16-13-20(17-23(25)31(2,3)4)28(34)26-27(22-9-7-8-10-24(22)37-5)33(30(36)29(26)35)21-14-11-19(18-32)12-15-21/h7-17,27,34H,6H2,1-5H3/b28-26+. The third-order valence-corrected chi connectivity index (χ3v) is 6.51. The summed E-state index contributed by atoms with van der Waals surface area (Å²) < 4.78 is 11.4. The number of ether oxygens (including phenoxy) is 2. The number of anilines is 1. The molecule has 3 aromatic carbocycles. The van der Waals surface area contributed by atoms with Crippen molar-refractivity contribution in [1.29, 1.82) is 5.26 Å². The van der Waals surface area contributed by atoms with Gasteiger partial charge in [-0.2, -0.15) is 5.26 Å². The molecule has 0 aliphatic carbocycles. The molecule has 0 radical (unpaired) electrons. The highest BCUT2D eigenvalue weighted by molar-refractivity contribution is 6.51. The maximum atomic E-state index is 13.5. The van der Waals surface area contributed by atoms with Crippen molar-refractivity contribution in [3.63, 3.8) is 0 Å². The molecule has 0 bridgehead atoms. The van der Waals surface area contributed by atoms with Crippen LogP contribution >= 0.6 is 0 Å². The Morgan fingerprint density at radius 2 is 1.71 bits per heavy atom. The molecule has 1 unspecified atom stereocenters. The lowest BCUT2D eigenvalue weighted by molar-refractivity contribution is -0.132. The van der Waals surface area contributed by atoms with Gasteiger partial charge in [-0.1, -0.05) is 39.0 Å². The summed E-state index contributed by atoms with van der Waals surface area (Å²) in [7, 11) is 1.51. The quantitative estimate of drug-likeness (QED) is 0.252. The van der Waals surface area contributed by atoms with E-state index in [9.17, 15) is 20.0 Å². The predicted molar refractivity (Wildman–Crippen MR) is 145 cm³/mol. The highest BCUT2D eigenvalue weighted by Crippen LogP contribution is 2.45. The van der Waals surface area contributed by atoms with E-state index in [-0.39, 0.29) is 16.7 Å². The van der Waals surface area contributed by atoms with Crippen molar-refractivity contribution < 1.29 is 24.2 Å². The van der Waals surface area contributed by atoms with E-state index < -0.39 is 17.7 Å². The number of benzene rings is 3. The highest BCUT2D eigenvalue weighted by Gasteiger charge is 2.48. The summed E-state index contributed by atoms with van der Waals surface area (Å²) in [5.41, 5.74) is 2.29. The second-order valence-corrected chi connectivity index (χ2v) is 9.96. The van der Waals surface area contributed by atoms with Crippen molar-refractivity contribution in [1.82, 2.24) is 0 Å². The lowest BCUT2D eigenvalue weighted by atomic mass is 9.84. The summed E-state index contributed by atoms with van der Waals surface area (Å²) in [5, 5.41) is 20.8. The third kappa shape index (κ3) is 4.73. The predicted octanol–water partition coefficient (Wildman–Crippen LogP) is 5.89. The molecular weight excluding hydrogens is 480 g/mol. The number of para-hydroxylation sites is 1. The number of aliphatic hydroxyl groups excluding tert-OH is 1. The van der Waals surface area contributed by atoms with Crippen LogP contribution in [0.4, 0.5) is 5.69 Å². The molecule has 1 fully saturated rings. The molecule has 1 atom stereocenters. The molecule has 1 amide bonds. The summed E-state index contributed by atoms with van der Waals surface area (Å²) >= 11 is 0. The topological polar surface area (TPSA) is 99.9 Å². The molecule has 194 valence electrons. The number of hydrogen-bond acceptors (Lipinski definition) is 6. The largest absolute Gasteiger partial charge is 0.507 e. The number of carbonyl (C=O) groups excluding carboxylic acids is 2. The normalized spacial score (nSPS) is 16.8. The van der Waals surface area contributed by atoms with Crippen molar-refractivity contribution in [2.45, 2.75) is 39.2 Å². The van der Waals surface area contributed by atoms with Gasteiger partial charge >= 0.3 is 0 Å². The van der Waals surface area contributed by atoms with Crippen LogP contribution in [0, 0.1) is 11.3 Å². The summed E-state index contributed by atoms with van der Waals surface area (Å²) in [6.07, 6.45) is 0. The van der Waals surface area contributed by atoms with Gasteiger partial charge in [0.25, 0.3) is 11.7 Å². The molecule has 3 aromatic rings. The van der Waals surface area contributed by atoms with Gasteiger partial charge < -0.3 is 14.6 Å². The number of hydrogen-bond donors (Lipinski definition) is 1. The van der Waals surface area contributed by atoms with Crippen LogP contribution < -0.4 is 14.4 Å². The Kier molecular flexibility index (Phi) is 7.27. The monoisotopic (exact) mass is 510 g/mol. The number of nitriles is 1. The van der Waals surface area contributed by atoms with Crippen molar-refractivity contribution in [3.8, 4) is 17.6 Å². The van der Waals surface area contributed by atoms with Crippen LogP contribution in [0.2, 0.25) is 0 Å². The van der Waals surface area contributed by atoms with Crippen LogP contribution in [0.15, 0.2) is 72.3 Å². The summed E-state index contributed by atoms with van der Waals surface area (Å²) in [4.78, 5) is 28.3. The first-order valence-corrected chi connectivity index (χ1v) is 12.3. The minimum atomic E-state index is -0.955. The van der Waals surface area contributed by atoms with Crippen molar-refractivity contribution >= 4 is 23.1 Å². The number of rotatable bonds is 6. The molecule has 1 aliphatic rings. The molecular formula is C31H30N2O5. The van der Waals surface area contributed by atoms with Gasteiger partial charge in [0.2, 0.25) is 0 Å². The maximum Gasteiger partial charge on any atom is 0.300 e. The Balaban J connectivity index is 1.97. The van der Waals surface area contributed by atoms with E-state index in [1.807, 2.05) is 27.7 Å². The molecule has 1 saturated heterocycles. The van der Waals surface area contributed by atoms with Crippen molar-refractivity contribution in [2.24, 2.45) is 0 Å². The average Bonchev–Trinajstić information content (AvgIpc) is 3.18. The zero-order chi connectivity index (χ0) is 27.6. The Hall–Kier alpha value is -4.57. The van der Waals surface area contributed by atoms with Crippen LogP contribution in [-0.2, 0) is 15.0 Å². The lowest BCUT2D eigenvalue weighted by Gasteiger charge is -2.27. The van der Waals surface area contributed by atoms with E-state index >= 15 is 0 Å². The fourth-order valence-corrected chi connectivity index (χ4v) is 4.68. The third-order valence-electron chi connectivity index (χ3n) is 6.51. The Labute approximate surface area is 222 Å². The molecule has 4 rings (SSSR count). The number of Topliss-reactive ketones (excluding diaryl/α,β-unsaturated/α-hetero) is 1. The highest BCUT2D eigenvalue weighted by atomic mass is 16.5. The van der Waals surface area contributed by atoms with E-state index in [4.69, 9.17) is 9.47 Å². The number of carbonyl (C=O) groups is 2. The van der Waals surface area contributed by atoms with Gasteiger partial charge in [0.15, 0.2) is 0 Å². The van der Waals surface area contributed by atoms with Gasteiger partial charge in [0, 0.05) is 22.4 Å². The van der Waals surface area contributed by atoms with Crippen molar-refractivity contribution in [2.75, 3.05) is 18.6 Å². The van der Waals surface area contributed by atoms with E-state index in [1.165, 1.54) is 12.0 Å². The Bertz CT molecular complexity index is 1460. The van der Waals surface area contributed by atoms with Crippen LogP contribution in [0.5, 0.6) is 11.5 Å². The number of aliphatic hydroxyl groups is 1. The molecule has 7 heteroatoms. The van der Waals surface area contributed by atoms with Crippen LogP contribution in [-0.4, -0.2) is 30.5 Å². The molecule has 7 nitrogen and oxygen atoms in total. The van der Waals surface area contributed by atoms with Gasteiger partial charge in [-0.3, -0.25) is 14.5 Å². The van der Waals surface area contributed by atoms with Gasteiger partial charge in [-0.05, 0) is 60.9 Å². The maximum absolute atomic E-state index is 13.5. The minimum absolute atomic E-state index is 0.0483. The van der Waals surface area contributed by atoms with E-state index in [2.05, 4.69) is 6.07 Å². The summed E-state index contributed by atoms with van der Waals surface area (Å²) in [6.45, 7) is 8.49. The minimum Gasteiger partial charge on any atom is -0.507 e. The average molecular weight is 511 g/mol. The molecule has 0 saturated carbocycles. The van der Waals surface area contributed by atoms with E-state index in [1.54, 1.807) is 66.7 Å². The number of amides is 1. The van der Waals surface area contributed by atoms with Gasteiger partial charge in [-0.15, -0.1) is 0 Å². The molecule has 1 heterocycles. The fourth-order valence-electron chi connectivity index (χ4n) is 4.68. The zero-order valence-corrected chi connectivity index (χ0v) is 22.1. The number of methoxy groups -OCH3 is 1. The van der Waals surface area contributed by atoms with E-state index in [0.717, 1.165) is 5.56 Å². The first kappa shape index (κ1) is 26.5. The molecule has 1 aliphatic heterocycles. The molecule has 38 heavy (non-hydrogen) atoms. The van der Waals surface area contributed by atoms with Gasteiger partial charge in [0.05, 0.1) is 37.0 Å². The lowest BCUT2D eigenvalue weighted by Crippen LogP contribution is -2.29. The first-order valence-electron chi connectivity index (χ1n) is 12.3. The van der Waals surface area contributed by atoms with E-state index in [0.29, 0.717) is 40.5 Å². The second-order valence-electron chi connectivity index (χ2n) is 9.96. The fraction of sp³-hybridized carbons (Fsp3) is 0.258. The smallest absolute Gasteiger partial charge is 0.300 e.